The van der Waals surface area contributed by atoms with E-state index in [9.17, 15) is 4.39 Å². The Balaban J connectivity index is 2.53. The Morgan fingerprint density at radius 2 is 2.00 bits per heavy atom. The molecule has 0 spiro atoms. The zero-order chi connectivity index (χ0) is 9.68. The average Bonchev–Trinajstić information content (AvgIpc) is 2.12. The number of benzene rings is 1. The molecule has 1 N–H and O–H groups in total. The highest BCUT2D eigenvalue weighted by molar-refractivity contribution is 5.47. The first-order valence-electron chi connectivity index (χ1n) is 4.61. The molecule has 1 aromatic rings. The lowest BCUT2D eigenvalue weighted by molar-refractivity contribution is 0.481. The summed E-state index contributed by atoms with van der Waals surface area (Å²) < 4.78 is 11.8. The van der Waals surface area contributed by atoms with Gasteiger partial charge in [0.2, 0.25) is 0 Å². The third-order valence-electron chi connectivity index (χ3n) is 2.15. The molecule has 1 nitrogen and oxygen atoms in total. The van der Waals surface area contributed by atoms with Crippen LogP contribution in [0.1, 0.15) is 17.5 Å². The van der Waals surface area contributed by atoms with Gasteiger partial charge in [0, 0.05) is 12.2 Å². The number of nitrogens with one attached hydrogen (secondary N) is 1. The minimum absolute atomic E-state index is 0.252. The molecule has 0 fully saturated rings. The SMILES string of the molecule is Cc1ccc(NCCCF)cc1C. The summed E-state index contributed by atoms with van der Waals surface area (Å²) in [5.74, 6) is 0. The van der Waals surface area contributed by atoms with Crippen LogP contribution in [0.4, 0.5) is 10.1 Å². The molecule has 0 unspecified atom stereocenters. The van der Waals surface area contributed by atoms with Gasteiger partial charge >= 0.3 is 0 Å². The van der Waals surface area contributed by atoms with Crippen LogP contribution in [0.5, 0.6) is 0 Å². The molecule has 0 saturated heterocycles. The zero-order valence-corrected chi connectivity index (χ0v) is 8.23. The van der Waals surface area contributed by atoms with E-state index in [1.165, 1.54) is 11.1 Å². The summed E-state index contributed by atoms with van der Waals surface area (Å²) in [6.45, 7) is 4.62. The van der Waals surface area contributed by atoms with E-state index in [1.54, 1.807) is 0 Å². The number of anilines is 1. The van der Waals surface area contributed by atoms with Crippen molar-refractivity contribution < 1.29 is 4.39 Å². The van der Waals surface area contributed by atoms with Crippen LogP contribution in [0.3, 0.4) is 0 Å². The molecule has 72 valence electrons. The standard InChI is InChI=1S/C11H16FN/c1-9-4-5-11(8-10(9)2)13-7-3-6-12/h4-5,8,13H,3,6-7H2,1-2H3. The van der Waals surface area contributed by atoms with Crippen LogP contribution in [-0.2, 0) is 0 Å². The fraction of sp³-hybridized carbons (Fsp3) is 0.455. The van der Waals surface area contributed by atoms with Gasteiger partial charge in [0.15, 0.2) is 0 Å². The van der Waals surface area contributed by atoms with E-state index >= 15 is 0 Å². The van der Waals surface area contributed by atoms with Crippen molar-refractivity contribution in [1.82, 2.24) is 0 Å². The smallest absolute Gasteiger partial charge is 0.0911 e. The van der Waals surface area contributed by atoms with E-state index in [1.807, 2.05) is 6.07 Å². The molecule has 0 heterocycles. The number of hydrogen-bond donors (Lipinski definition) is 1. The number of rotatable bonds is 4. The van der Waals surface area contributed by atoms with Gasteiger partial charge in [-0.3, -0.25) is 4.39 Å². The average molecular weight is 181 g/mol. The lowest BCUT2D eigenvalue weighted by Gasteiger charge is -2.07. The number of aryl methyl sites for hydroxylation is 2. The third-order valence-corrected chi connectivity index (χ3v) is 2.15. The summed E-state index contributed by atoms with van der Waals surface area (Å²) in [6, 6.07) is 6.20. The van der Waals surface area contributed by atoms with E-state index in [0.717, 1.165) is 5.69 Å². The van der Waals surface area contributed by atoms with Crippen molar-refractivity contribution in [3.05, 3.63) is 29.3 Å². The molecule has 1 rings (SSSR count). The van der Waals surface area contributed by atoms with Crippen molar-refractivity contribution in [2.75, 3.05) is 18.5 Å². The predicted octanol–water partition coefficient (Wildman–Crippen LogP) is 3.07. The summed E-state index contributed by atoms with van der Waals surface area (Å²) in [5, 5.41) is 3.17. The molecule has 2 heteroatoms. The fourth-order valence-corrected chi connectivity index (χ4v) is 1.15. The molecule has 0 amide bonds. The molecule has 0 atom stereocenters. The Labute approximate surface area is 79.0 Å². The van der Waals surface area contributed by atoms with Crippen LogP contribution in [-0.4, -0.2) is 13.2 Å². The molecule has 13 heavy (non-hydrogen) atoms. The second kappa shape index (κ2) is 4.85. The van der Waals surface area contributed by atoms with Gasteiger partial charge in [-0.15, -0.1) is 0 Å². The van der Waals surface area contributed by atoms with Gasteiger partial charge in [0.1, 0.15) is 0 Å². The fourth-order valence-electron chi connectivity index (χ4n) is 1.15. The van der Waals surface area contributed by atoms with E-state index in [2.05, 4.69) is 31.3 Å². The Hall–Kier alpha value is -1.05. The monoisotopic (exact) mass is 181 g/mol. The maximum atomic E-state index is 11.8. The number of hydrogen-bond acceptors (Lipinski definition) is 1. The van der Waals surface area contributed by atoms with Gasteiger partial charge in [-0.1, -0.05) is 6.07 Å². The Morgan fingerprint density at radius 3 is 2.62 bits per heavy atom. The van der Waals surface area contributed by atoms with Gasteiger partial charge in [-0.2, -0.15) is 0 Å². The summed E-state index contributed by atoms with van der Waals surface area (Å²) in [7, 11) is 0. The van der Waals surface area contributed by atoms with E-state index in [4.69, 9.17) is 0 Å². The van der Waals surface area contributed by atoms with Crippen LogP contribution in [0, 0.1) is 13.8 Å². The summed E-state index contributed by atoms with van der Waals surface area (Å²) in [5.41, 5.74) is 3.64. The normalized spacial score (nSPS) is 10.1. The Morgan fingerprint density at radius 1 is 1.23 bits per heavy atom. The third kappa shape index (κ3) is 3.05. The van der Waals surface area contributed by atoms with E-state index < -0.39 is 0 Å². The highest BCUT2D eigenvalue weighted by Gasteiger charge is 1.94. The topological polar surface area (TPSA) is 12.0 Å². The number of alkyl halides is 1. The van der Waals surface area contributed by atoms with Gasteiger partial charge in [0.25, 0.3) is 0 Å². The van der Waals surface area contributed by atoms with Gasteiger partial charge < -0.3 is 5.32 Å². The quantitative estimate of drug-likeness (QED) is 0.704. The van der Waals surface area contributed by atoms with Crippen molar-refractivity contribution in [2.45, 2.75) is 20.3 Å². The second-order valence-electron chi connectivity index (χ2n) is 3.27. The molecule has 0 aromatic heterocycles. The van der Waals surface area contributed by atoms with Crippen LogP contribution < -0.4 is 5.32 Å². The molecule has 1 aromatic carbocycles. The van der Waals surface area contributed by atoms with Gasteiger partial charge in [-0.05, 0) is 43.5 Å². The van der Waals surface area contributed by atoms with Gasteiger partial charge in [0.05, 0.1) is 6.67 Å². The lowest BCUT2D eigenvalue weighted by Crippen LogP contribution is -2.02. The molecule has 0 saturated carbocycles. The van der Waals surface area contributed by atoms with Crippen LogP contribution in [0.2, 0.25) is 0 Å². The molecule has 0 aliphatic heterocycles. The van der Waals surface area contributed by atoms with Crippen molar-refractivity contribution in [3.63, 3.8) is 0 Å². The van der Waals surface area contributed by atoms with Crippen molar-refractivity contribution in [2.24, 2.45) is 0 Å². The Bertz CT molecular complexity index is 271. The van der Waals surface area contributed by atoms with Crippen molar-refractivity contribution >= 4 is 5.69 Å². The first kappa shape index (κ1) is 10.0. The first-order valence-corrected chi connectivity index (χ1v) is 4.61. The minimum Gasteiger partial charge on any atom is -0.385 e. The van der Waals surface area contributed by atoms with Crippen LogP contribution in [0.15, 0.2) is 18.2 Å². The highest BCUT2D eigenvalue weighted by Crippen LogP contribution is 2.13. The van der Waals surface area contributed by atoms with Gasteiger partial charge in [-0.25, -0.2) is 0 Å². The molecule has 0 aliphatic rings. The van der Waals surface area contributed by atoms with Crippen LogP contribution in [0.25, 0.3) is 0 Å². The molecule has 0 radical (unpaired) electrons. The largest absolute Gasteiger partial charge is 0.385 e. The van der Waals surface area contributed by atoms with E-state index in [0.29, 0.717) is 13.0 Å². The molecule has 0 bridgehead atoms. The summed E-state index contributed by atoms with van der Waals surface area (Å²) >= 11 is 0. The maximum Gasteiger partial charge on any atom is 0.0911 e. The molecular weight excluding hydrogens is 165 g/mol. The molecule has 0 aliphatic carbocycles. The Kier molecular flexibility index (Phi) is 3.74. The molecular formula is C11H16FN. The van der Waals surface area contributed by atoms with Crippen molar-refractivity contribution in [1.29, 1.82) is 0 Å². The lowest BCUT2D eigenvalue weighted by atomic mass is 10.1. The highest BCUT2D eigenvalue weighted by atomic mass is 19.1. The van der Waals surface area contributed by atoms with Crippen molar-refractivity contribution in [3.8, 4) is 0 Å². The summed E-state index contributed by atoms with van der Waals surface area (Å²) in [6.07, 6.45) is 0.576. The second-order valence-corrected chi connectivity index (χ2v) is 3.27. The first-order chi connectivity index (χ1) is 6.24. The minimum atomic E-state index is -0.252. The predicted molar refractivity (Wildman–Crippen MR) is 55.0 cm³/mol. The zero-order valence-electron chi connectivity index (χ0n) is 8.23. The maximum absolute atomic E-state index is 11.8. The summed E-state index contributed by atoms with van der Waals surface area (Å²) in [4.78, 5) is 0. The van der Waals surface area contributed by atoms with E-state index in [-0.39, 0.29) is 6.67 Å². The van der Waals surface area contributed by atoms with Crippen LogP contribution >= 0.6 is 0 Å². The number of halogens is 1.